The average molecular weight is 1080 g/mol. The van der Waals surface area contributed by atoms with Gasteiger partial charge in [-0.05, 0) is 39.0 Å². The maximum atomic E-state index is 13.8. The number of nitrogens with zero attached hydrogens (tertiary/aromatic N) is 2. The number of carbonyl (C=O) groups is 12. The number of thiol groups is 2. The van der Waals surface area contributed by atoms with Gasteiger partial charge in [0.05, 0.1) is 31.6 Å². The number of hydrogen-bond donors (Lipinski definition) is 21. The van der Waals surface area contributed by atoms with Gasteiger partial charge in [-0.15, -0.1) is 0 Å². The zero-order valence-electron chi connectivity index (χ0n) is 39.5. The number of primary amides is 2. The molecule has 73 heavy (non-hydrogen) atoms. The average Bonchev–Trinajstić information content (AvgIpc) is 3.30. The Morgan fingerprint density at radius 1 is 0.493 bits per heavy atom. The van der Waals surface area contributed by atoms with Gasteiger partial charge in [0, 0.05) is 31.0 Å². The second-order valence-electron chi connectivity index (χ2n) is 15.8. The summed E-state index contributed by atoms with van der Waals surface area (Å²) in [5, 5.41) is 56.7. The molecule has 0 bridgehead atoms. The second-order valence-corrected chi connectivity index (χ2v) is 16.5. The van der Waals surface area contributed by atoms with Gasteiger partial charge >= 0.3 is 11.9 Å². The second kappa shape index (κ2) is 34.2. The fourth-order valence-electron chi connectivity index (χ4n) is 5.92. The van der Waals surface area contributed by atoms with Crippen LogP contribution >= 0.6 is 25.3 Å². The maximum absolute atomic E-state index is 13.8. The Morgan fingerprint density at radius 3 is 1.25 bits per heavy atom. The van der Waals surface area contributed by atoms with Gasteiger partial charge in [-0.25, -0.2) is 4.79 Å². The van der Waals surface area contributed by atoms with E-state index in [0.717, 1.165) is 6.92 Å². The molecule has 0 aliphatic heterocycles. The standard InChI is InChI=1S/C38H67N17O16S2/c1-15(57)27(55-28(62)16(39)13-72)35(69)50-19(6-7-24(40)58)31(65)53-22(12-56)34(68)52-21(11-26(60)61)33(67)51-20(10-25(41)59)32(66)49-17(4-2-8-46-37(42)43)29(63)48-18(5-3-9-47-38(44)45)30(64)54-23(14-73)36(70)71/h15-23,27,56-57,72-73H,2-14,39H2,1H3,(H2,40,58)(H2,41,59)(H,48,63)(H,49,66)(H,50,69)(H,51,67)(H,52,68)(H,53,65)(H,54,64)(H,55,62)(H,60,61)(H,70,71)(H4,42,43,46)(H4,44,45,47)/t15-,16+,17+,18+,19+,20+,21+,22+,23+,27+/m1/s1. The van der Waals surface area contributed by atoms with E-state index in [0.29, 0.717) is 0 Å². The highest BCUT2D eigenvalue weighted by molar-refractivity contribution is 7.80. The molecule has 26 N–H and O–H groups in total. The summed E-state index contributed by atoms with van der Waals surface area (Å²) in [6.45, 7) is -0.295. The number of carboxylic acid groups (broad SMARTS) is 2. The SMILES string of the molecule is C[C@@H](O)[C@H](NC(=O)[C@@H](N)CS)C(=O)N[C@@H](CCC(N)=O)C(=O)N[C@@H](CO)C(=O)N[C@@H](CC(=O)O)C(=O)N[C@@H](CC(N)=O)C(=O)N[C@@H](CCCN=C(N)N)C(=O)N[C@@H](CCCN=C(N)N)C(=O)N[C@@H](CS)C(=O)O. The van der Waals surface area contributed by atoms with E-state index in [1.54, 1.807) is 0 Å². The van der Waals surface area contributed by atoms with Crippen molar-refractivity contribution >= 4 is 108 Å². The van der Waals surface area contributed by atoms with Crippen LogP contribution in [0.2, 0.25) is 0 Å². The highest BCUT2D eigenvalue weighted by Gasteiger charge is 2.36. The van der Waals surface area contributed by atoms with Crippen LogP contribution in [0.15, 0.2) is 9.98 Å². The van der Waals surface area contributed by atoms with Crippen LogP contribution in [0.3, 0.4) is 0 Å². The first-order valence-electron chi connectivity index (χ1n) is 21.9. The van der Waals surface area contributed by atoms with Crippen molar-refractivity contribution in [2.75, 3.05) is 31.2 Å². The van der Waals surface area contributed by atoms with Crippen LogP contribution in [0.5, 0.6) is 0 Å². The smallest absolute Gasteiger partial charge is 0.327 e. The van der Waals surface area contributed by atoms with E-state index in [2.05, 4.69) is 67.1 Å². The van der Waals surface area contributed by atoms with E-state index in [1.807, 2.05) is 10.6 Å². The van der Waals surface area contributed by atoms with E-state index >= 15 is 0 Å². The number of nitrogens with two attached hydrogens (primary N) is 7. The van der Waals surface area contributed by atoms with Crippen LogP contribution in [-0.2, 0) is 57.5 Å². The van der Waals surface area contributed by atoms with Crippen LogP contribution in [0.4, 0.5) is 0 Å². The molecule has 0 aliphatic rings. The number of aliphatic imine (C=N–C) groups is 2. The molecular formula is C38H67N17O16S2. The third kappa shape index (κ3) is 26.7. The highest BCUT2D eigenvalue weighted by Crippen LogP contribution is 2.08. The number of guanidine groups is 2. The third-order valence-corrected chi connectivity index (χ3v) is 10.5. The lowest BCUT2D eigenvalue weighted by molar-refractivity contribution is -0.142. The number of rotatable bonds is 36. The van der Waals surface area contributed by atoms with Crippen LogP contribution in [0, 0.1) is 0 Å². The van der Waals surface area contributed by atoms with Crippen LogP contribution in [0.1, 0.15) is 58.3 Å². The molecule has 0 spiro atoms. The normalized spacial score (nSPS) is 14.9. The molecule has 33 nitrogen and oxygen atoms in total. The Bertz CT molecular complexity index is 2030. The number of nitrogens with one attached hydrogen (secondary N) is 8. The van der Waals surface area contributed by atoms with Crippen LogP contribution < -0.4 is 82.7 Å². The highest BCUT2D eigenvalue weighted by atomic mass is 32.1. The van der Waals surface area contributed by atoms with Gasteiger partial charge in [0.15, 0.2) is 11.9 Å². The molecule has 0 saturated heterocycles. The van der Waals surface area contributed by atoms with Crippen LogP contribution in [0.25, 0.3) is 0 Å². The molecule has 0 fully saturated rings. The summed E-state index contributed by atoms with van der Waals surface area (Å²) in [4.78, 5) is 162. The van der Waals surface area contributed by atoms with Gasteiger partial charge in [0.2, 0.25) is 59.1 Å². The number of aliphatic hydroxyl groups is 2. The van der Waals surface area contributed by atoms with Gasteiger partial charge in [-0.2, -0.15) is 25.3 Å². The monoisotopic (exact) mass is 1080 g/mol. The minimum atomic E-state index is -2.16. The minimum Gasteiger partial charge on any atom is -0.481 e. The fraction of sp³-hybridized carbons (Fsp3) is 0.632. The molecule has 412 valence electrons. The molecule has 0 aromatic heterocycles. The van der Waals surface area contributed by atoms with Gasteiger partial charge in [-0.3, -0.25) is 62.7 Å². The zero-order chi connectivity index (χ0) is 56.1. The van der Waals surface area contributed by atoms with Gasteiger partial charge in [-0.1, -0.05) is 0 Å². The van der Waals surface area contributed by atoms with Crippen molar-refractivity contribution in [3.8, 4) is 0 Å². The number of amides is 10. The molecular weight excluding hydrogens is 1010 g/mol. The Balaban J connectivity index is 6.72. The molecule has 0 rings (SSSR count). The van der Waals surface area contributed by atoms with Crippen molar-refractivity contribution in [3.05, 3.63) is 0 Å². The lowest BCUT2D eigenvalue weighted by Crippen LogP contribution is -2.62. The summed E-state index contributed by atoms with van der Waals surface area (Å²) in [7, 11) is 0. The Labute approximate surface area is 427 Å². The van der Waals surface area contributed by atoms with Crippen molar-refractivity contribution in [1.29, 1.82) is 0 Å². The summed E-state index contributed by atoms with van der Waals surface area (Å²) in [5.41, 5.74) is 37.6. The number of carbonyl (C=O) groups excluding carboxylic acids is 10. The summed E-state index contributed by atoms with van der Waals surface area (Å²) in [6.07, 6.45) is -5.42. The Hall–Kier alpha value is -7.24. The summed E-state index contributed by atoms with van der Waals surface area (Å²) in [6, 6.07) is -15.6. The Morgan fingerprint density at radius 2 is 0.877 bits per heavy atom. The van der Waals surface area contributed by atoms with Crippen LogP contribution in [-0.4, -0.2) is 195 Å². The van der Waals surface area contributed by atoms with E-state index < -0.39 is 164 Å². The summed E-state index contributed by atoms with van der Waals surface area (Å²) >= 11 is 7.80. The van der Waals surface area contributed by atoms with Crippen molar-refractivity contribution in [2.45, 2.75) is 119 Å². The molecule has 0 radical (unpaired) electrons. The van der Waals surface area contributed by atoms with E-state index in [9.17, 15) is 78.0 Å². The van der Waals surface area contributed by atoms with E-state index in [1.165, 1.54) is 0 Å². The fourth-order valence-corrected chi connectivity index (χ4v) is 6.33. The first-order valence-corrected chi connectivity index (χ1v) is 23.2. The number of aliphatic carboxylic acids is 2. The van der Waals surface area contributed by atoms with Gasteiger partial charge < -0.3 is 103 Å². The number of carboxylic acids is 2. The molecule has 0 aliphatic carbocycles. The summed E-state index contributed by atoms with van der Waals surface area (Å²) < 4.78 is 0. The van der Waals surface area contributed by atoms with Crippen molar-refractivity contribution in [3.63, 3.8) is 0 Å². The molecule has 0 heterocycles. The molecule has 0 aromatic carbocycles. The third-order valence-electron chi connectivity index (χ3n) is 9.73. The quantitative estimate of drug-likeness (QED) is 0.0120. The number of aliphatic hydroxyl groups excluding tert-OH is 2. The molecule has 0 unspecified atom stereocenters. The predicted octanol–water partition coefficient (Wildman–Crippen LogP) is -10.8. The summed E-state index contributed by atoms with van der Waals surface area (Å²) in [5.74, 6) is -16.2. The van der Waals surface area contributed by atoms with Crippen molar-refractivity contribution in [2.24, 2.45) is 50.1 Å². The molecule has 0 aromatic rings. The van der Waals surface area contributed by atoms with Gasteiger partial charge in [0.1, 0.15) is 48.3 Å². The first kappa shape index (κ1) is 65.8. The lowest BCUT2D eigenvalue weighted by atomic mass is 10.1. The Kier molecular flexibility index (Phi) is 30.8. The molecule has 35 heteroatoms. The first-order chi connectivity index (χ1) is 34.1. The molecule has 10 atom stereocenters. The van der Waals surface area contributed by atoms with E-state index in [4.69, 9.17) is 40.1 Å². The number of hydrogen-bond acceptors (Lipinski definition) is 19. The topological polar surface area (TPSA) is 589 Å². The van der Waals surface area contributed by atoms with Crippen molar-refractivity contribution in [1.82, 2.24) is 42.5 Å². The lowest BCUT2D eigenvalue weighted by Gasteiger charge is -2.27. The van der Waals surface area contributed by atoms with Crippen molar-refractivity contribution < 1.29 is 78.0 Å². The predicted molar refractivity (Wildman–Crippen MR) is 262 cm³/mol. The van der Waals surface area contributed by atoms with Gasteiger partial charge in [0.25, 0.3) is 0 Å². The zero-order valence-corrected chi connectivity index (χ0v) is 41.3. The van der Waals surface area contributed by atoms with E-state index in [-0.39, 0.29) is 62.2 Å². The molecule has 10 amide bonds. The molecule has 0 saturated carbocycles. The largest absolute Gasteiger partial charge is 0.481 e. The minimum absolute atomic E-state index is 0.0365. The maximum Gasteiger partial charge on any atom is 0.327 e.